The normalized spacial score (nSPS) is 34.8. The first-order chi connectivity index (χ1) is 16.0. The van der Waals surface area contributed by atoms with Gasteiger partial charge in [-0.3, -0.25) is 14.4 Å². The number of aliphatic hydroxyl groups is 1. The number of benzene rings is 1. The minimum atomic E-state index is -1.27. The number of likely N-dealkylation sites (tertiary alicyclic amines) is 1. The molecule has 3 unspecified atom stereocenters. The number of para-hydroxylation sites is 1. The third-order valence-corrected chi connectivity index (χ3v) is 8.28. The van der Waals surface area contributed by atoms with Gasteiger partial charge in [0.15, 0.2) is 0 Å². The van der Waals surface area contributed by atoms with Gasteiger partial charge in [-0.1, -0.05) is 31.2 Å². The number of hydrogen-bond donors (Lipinski definition) is 2. The van der Waals surface area contributed by atoms with E-state index in [1.807, 2.05) is 39.0 Å². The second-order valence-corrected chi connectivity index (χ2v) is 10.3. The number of aryl methyl sites for hydroxylation is 2. The molecule has 184 valence electrons. The Kier molecular flexibility index (Phi) is 5.89. The fraction of sp³-hybridized carbons (Fsp3) is 0.577. The van der Waals surface area contributed by atoms with E-state index in [1.165, 1.54) is 4.90 Å². The molecule has 0 aliphatic carbocycles. The number of carboxylic acid groups (broad SMARTS) is 1. The molecule has 3 saturated heterocycles. The summed E-state index contributed by atoms with van der Waals surface area (Å²) in [7, 11) is 0. The van der Waals surface area contributed by atoms with Crippen molar-refractivity contribution in [2.45, 2.75) is 64.3 Å². The van der Waals surface area contributed by atoms with Crippen LogP contribution in [0.5, 0.6) is 0 Å². The third-order valence-electron chi connectivity index (χ3n) is 8.28. The molecule has 2 amide bonds. The van der Waals surface area contributed by atoms with E-state index in [2.05, 4.69) is 6.58 Å². The molecule has 0 aromatic heterocycles. The van der Waals surface area contributed by atoms with Crippen molar-refractivity contribution in [1.82, 2.24) is 4.90 Å². The van der Waals surface area contributed by atoms with Gasteiger partial charge in [-0.05, 0) is 51.2 Å². The summed E-state index contributed by atoms with van der Waals surface area (Å²) in [6.45, 7) is 12.8. The first kappa shape index (κ1) is 24.4. The van der Waals surface area contributed by atoms with Gasteiger partial charge in [-0.2, -0.15) is 0 Å². The molecule has 8 nitrogen and oxygen atoms in total. The lowest BCUT2D eigenvalue weighted by Gasteiger charge is -2.39. The molecule has 3 aliphatic rings. The Bertz CT molecular complexity index is 1040. The molecule has 3 heterocycles. The summed E-state index contributed by atoms with van der Waals surface area (Å²) < 4.78 is 6.51. The summed E-state index contributed by atoms with van der Waals surface area (Å²) in [5.41, 5.74) is 0.204. The van der Waals surface area contributed by atoms with E-state index in [4.69, 9.17) is 4.74 Å². The number of carbonyl (C=O) groups excluding carboxylic acids is 2. The maximum Gasteiger partial charge on any atom is 0.310 e. The molecule has 2 N–H and O–H groups in total. The lowest BCUT2D eigenvalue weighted by molar-refractivity contribution is -0.157. The predicted octanol–water partition coefficient (Wildman–Crippen LogP) is 2.30. The van der Waals surface area contributed by atoms with Crippen LogP contribution in [-0.4, -0.2) is 69.3 Å². The number of rotatable bonds is 7. The maximum atomic E-state index is 14.4. The van der Waals surface area contributed by atoms with E-state index in [0.29, 0.717) is 6.42 Å². The highest BCUT2D eigenvalue weighted by Crippen LogP contribution is 2.65. The van der Waals surface area contributed by atoms with Gasteiger partial charge in [-0.15, -0.1) is 6.58 Å². The van der Waals surface area contributed by atoms with E-state index in [-0.39, 0.29) is 25.0 Å². The van der Waals surface area contributed by atoms with Crippen molar-refractivity contribution in [2.24, 2.45) is 17.8 Å². The van der Waals surface area contributed by atoms with Gasteiger partial charge in [0.25, 0.3) is 5.91 Å². The molecule has 4 rings (SSSR count). The molecular weight excluding hydrogens is 436 g/mol. The Labute approximate surface area is 200 Å². The Morgan fingerprint density at radius 3 is 2.50 bits per heavy atom. The maximum absolute atomic E-state index is 14.4. The van der Waals surface area contributed by atoms with E-state index >= 15 is 0 Å². The molecule has 34 heavy (non-hydrogen) atoms. The van der Waals surface area contributed by atoms with Gasteiger partial charge in [0.05, 0.1) is 24.2 Å². The number of hydrogen-bond acceptors (Lipinski definition) is 5. The van der Waals surface area contributed by atoms with Crippen molar-refractivity contribution in [3.63, 3.8) is 0 Å². The fourth-order valence-corrected chi connectivity index (χ4v) is 6.69. The summed E-state index contributed by atoms with van der Waals surface area (Å²) in [4.78, 5) is 43.6. The van der Waals surface area contributed by atoms with Gasteiger partial charge in [-0.25, -0.2) is 0 Å². The number of fused-ring (bicyclic) bond motifs is 1. The highest BCUT2D eigenvalue weighted by Gasteiger charge is 2.80. The molecule has 7 atom stereocenters. The topological polar surface area (TPSA) is 107 Å². The zero-order valence-corrected chi connectivity index (χ0v) is 20.4. The van der Waals surface area contributed by atoms with Crippen LogP contribution in [0.25, 0.3) is 0 Å². The molecule has 3 fully saturated rings. The number of nitrogens with zero attached hydrogens (tertiary/aromatic N) is 2. The zero-order valence-electron chi connectivity index (χ0n) is 20.4. The van der Waals surface area contributed by atoms with Crippen molar-refractivity contribution >= 4 is 23.5 Å². The summed E-state index contributed by atoms with van der Waals surface area (Å²) in [5, 5.41) is 20.1. The monoisotopic (exact) mass is 470 g/mol. The minimum Gasteiger partial charge on any atom is -0.481 e. The van der Waals surface area contributed by atoms with E-state index in [1.54, 1.807) is 24.8 Å². The number of aliphatic carboxylic acids is 1. The van der Waals surface area contributed by atoms with Crippen LogP contribution in [0.4, 0.5) is 5.69 Å². The molecule has 2 bridgehead atoms. The van der Waals surface area contributed by atoms with Crippen LogP contribution in [0.15, 0.2) is 30.9 Å². The van der Waals surface area contributed by atoms with E-state index in [9.17, 15) is 24.6 Å². The lowest BCUT2D eigenvalue weighted by Crippen LogP contribution is -2.58. The highest BCUT2D eigenvalue weighted by molar-refractivity contribution is 6.05. The molecule has 1 spiro atoms. The first-order valence-corrected chi connectivity index (χ1v) is 11.8. The second-order valence-electron chi connectivity index (χ2n) is 10.3. The third kappa shape index (κ3) is 3.08. The van der Waals surface area contributed by atoms with Crippen molar-refractivity contribution < 1.29 is 29.3 Å². The number of anilines is 1. The van der Waals surface area contributed by atoms with Crippen LogP contribution in [0.1, 0.15) is 38.3 Å². The number of aliphatic hydroxyl groups excluding tert-OH is 1. The Morgan fingerprint density at radius 1 is 1.35 bits per heavy atom. The van der Waals surface area contributed by atoms with Gasteiger partial charge in [0.1, 0.15) is 17.6 Å². The molecule has 1 aromatic rings. The smallest absolute Gasteiger partial charge is 0.310 e. The molecule has 0 radical (unpaired) electrons. The van der Waals surface area contributed by atoms with Gasteiger partial charge in [0, 0.05) is 12.2 Å². The summed E-state index contributed by atoms with van der Waals surface area (Å²) in [6.07, 6.45) is 2.02. The zero-order chi connectivity index (χ0) is 25.2. The van der Waals surface area contributed by atoms with Crippen LogP contribution in [-0.2, 0) is 19.1 Å². The first-order valence-electron chi connectivity index (χ1n) is 11.8. The molecule has 3 aliphatic heterocycles. The average molecular weight is 471 g/mol. The van der Waals surface area contributed by atoms with Crippen LogP contribution >= 0.6 is 0 Å². The predicted molar refractivity (Wildman–Crippen MR) is 126 cm³/mol. The van der Waals surface area contributed by atoms with Crippen LogP contribution in [0, 0.1) is 31.6 Å². The highest BCUT2D eigenvalue weighted by atomic mass is 16.5. The number of ether oxygens (including phenoxy) is 1. The van der Waals surface area contributed by atoms with E-state index in [0.717, 1.165) is 16.8 Å². The van der Waals surface area contributed by atoms with Crippen molar-refractivity contribution in [3.05, 3.63) is 42.0 Å². The van der Waals surface area contributed by atoms with Crippen LogP contribution in [0.3, 0.4) is 0 Å². The molecule has 8 heteroatoms. The number of carboxylic acids is 1. The summed E-state index contributed by atoms with van der Waals surface area (Å²) in [5.74, 6) is -4.11. The molecule has 1 aromatic carbocycles. The van der Waals surface area contributed by atoms with Gasteiger partial charge < -0.3 is 24.7 Å². The van der Waals surface area contributed by atoms with Gasteiger partial charge >= 0.3 is 5.97 Å². The fourth-order valence-electron chi connectivity index (χ4n) is 6.69. The van der Waals surface area contributed by atoms with E-state index < -0.39 is 47.0 Å². The second kappa shape index (κ2) is 8.20. The van der Waals surface area contributed by atoms with Crippen molar-refractivity contribution in [2.75, 3.05) is 18.1 Å². The average Bonchev–Trinajstić information content (AvgIpc) is 3.28. The van der Waals surface area contributed by atoms with Crippen LogP contribution in [0.2, 0.25) is 0 Å². The largest absolute Gasteiger partial charge is 0.481 e. The van der Waals surface area contributed by atoms with Crippen LogP contribution < -0.4 is 4.90 Å². The Balaban J connectivity index is 1.90. The SMILES string of the molecule is C=CCN(C(=O)C1N([C@H](C)CO)C(=O)[C@@H]2[C@H](C(=O)O)[C@@]3(C)OC12CC3C)c1c(C)cccc1C. The van der Waals surface area contributed by atoms with Crippen molar-refractivity contribution in [1.29, 1.82) is 0 Å². The van der Waals surface area contributed by atoms with Gasteiger partial charge in [0.2, 0.25) is 5.91 Å². The molecular formula is C26H34N2O6. The Morgan fingerprint density at radius 2 is 1.97 bits per heavy atom. The van der Waals surface area contributed by atoms with Crippen molar-refractivity contribution in [3.8, 4) is 0 Å². The quantitative estimate of drug-likeness (QED) is 0.592. The number of carbonyl (C=O) groups is 3. The standard InChI is InChI=1S/C26H34N2O6/c1-7-11-27(20-14(2)9-8-10-15(20)3)23(31)21-26-12-16(4)25(6,34-26)19(24(32)33)18(26)22(30)28(21)17(5)13-29/h7-10,16-19,21,29H,1,11-13H2,2-6H3,(H,32,33)/t16?,17-,18+,19-,21?,25+,26?/m1/s1. The minimum absolute atomic E-state index is 0.162. The Hall–Kier alpha value is -2.71. The summed E-state index contributed by atoms with van der Waals surface area (Å²) in [6, 6.07) is 4.02. The summed E-state index contributed by atoms with van der Waals surface area (Å²) >= 11 is 0. The lowest BCUT2D eigenvalue weighted by atomic mass is 9.62. The number of amides is 2. The molecule has 0 saturated carbocycles.